The fraction of sp³-hybridized carbons (Fsp3) is 0.588. The minimum atomic E-state index is -0.283. The van der Waals surface area contributed by atoms with E-state index in [1.54, 1.807) is 0 Å². The zero-order chi connectivity index (χ0) is 15.4. The number of nitrogens with zero attached hydrogens (tertiary/aromatic N) is 1. The van der Waals surface area contributed by atoms with E-state index >= 15 is 0 Å². The molecule has 116 valence electrons. The monoisotopic (exact) mass is 289 g/mol. The van der Waals surface area contributed by atoms with E-state index in [1.165, 1.54) is 24.0 Å². The van der Waals surface area contributed by atoms with Gasteiger partial charge in [0, 0.05) is 24.8 Å². The lowest BCUT2D eigenvalue weighted by atomic mass is 10.1. The number of nitrogens with one attached hydrogen (secondary N) is 1. The molecule has 0 atom stereocenters. The Labute approximate surface area is 127 Å². The standard InChI is InChI=1S/C17H27N3O/c1-12(2)10-20(11-17(18)21)16-7-4-14(8-13(16)3)9-19-15-5-6-15/h4,7-8,12,15,19H,5-6,9-11H2,1-3H3,(H2,18,21). The third-order valence-corrected chi connectivity index (χ3v) is 3.71. The van der Waals surface area contributed by atoms with Crippen LogP contribution in [0.25, 0.3) is 0 Å². The summed E-state index contributed by atoms with van der Waals surface area (Å²) in [4.78, 5) is 13.4. The molecule has 1 fully saturated rings. The summed E-state index contributed by atoms with van der Waals surface area (Å²) in [6.45, 7) is 8.44. The van der Waals surface area contributed by atoms with Gasteiger partial charge in [0.05, 0.1) is 6.54 Å². The van der Waals surface area contributed by atoms with Crippen molar-refractivity contribution < 1.29 is 4.79 Å². The van der Waals surface area contributed by atoms with Crippen molar-refractivity contribution in [3.05, 3.63) is 29.3 Å². The van der Waals surface area contributed by atoms with Crippen LogP contribution in [0.15, 0.2) is 18.2 Å². The van der Waals surface area contributed by atoms with Crippen LogP contribution in [0.4, 0.5) is 5.69 Å². The topological polar surface area (TPSA) is 58.4 Å². The van der Waals surface area contributed by atoms with Crippen molar-refractivity contribution in [2.75, 3.05) is 18.0 Å². The van der Waals surface area contributed by atoms with Crippen molar-refractivity contribution in [2.45, 2.75) is 46.2 Å². The van der Waals surface area contributed by atoms with Gasteiger partial charge in [0.25, 0.3) is 0 Å². The molecule has 0 radical (unpaired) electrons. The molecular weight excluding hydrogens is 262 g/mol. The number of amides is 1. The Morgan fingerprint density at radius 2 is 2.14 bits per heavy atom. The van der Waals surface area contributed by atoms with Gasteiger partial charge >= 0.3 is 0 Å². The van der Waals surface area contributed by atoms with Gasteiger partial charge in [-0.05, 0) is 42.9 Å². The lowest BCUT2D eigenvalue weighted by Gasteiger charge is -2.27. The average Bonchev–Trinajstić information content (AvgIpc) is 3.18. The van der Waals surface area contributed by atoms with Gasteiger partial charge in [-0.2, -0.15) is 0 Å². The van der Waals surface area contributed by atoms with Gasteiger partial charge in [-0.15, -0.1) is 0 Å². The lowest BCUT2D eigenvalue weighted by Crippen LogP contribution is -2.36. The quantitative estimate of drug-likeness (QED) is 0.771. The summed E-state index contributed by atoms with van der Waals surface area (Å²) in [5.41, 5.74) is 8.99. The van der Waals surface area contributed by atoms with E-state index < -0.39 is 0 Å². The molecule has 0 heterocycles. The molecule has 2 rings (SSSR count). The number of hydrogen-bond donors (Lipinski definition) is 2. The Bertz CT molecular complexity index is 495. The van der Waals surface area contributed by atoms with E-state index in [4.69, 9.17) is 5.73 Å². The van der Waals surface area contributed by atoms with E-state index in [2.05, 4.69) is 49.2 Å². The Kier molecular flexibility index (Phi) is 5.23. The Morgan fingerprint density at radius 1 is 1.43 bits per heavy atom. The van der Waals surface area contributed by atoms with Crippen LogP contribution in [-0.2, 0) is 11.3 Å². The van der Waals surface area contributed by atoms with Crippen LogP contribution in [0.5, 0.6) is 0 Å². The highest BCUT2D eigenvalue weighted by atomic mass is 16.1. The molecule has 1 aromatic rings. The van der Waals surface area contributed by atoms with Gasteiger partial charge in [0.15, 0.2) is 0 Å². The molecule has 4 heteroatoms. The minimum Gasteiger partial charge on any atom is -0.368 e. The van der Waals surface area contributed by atoms with Crippen molar-refractivity contribution in [1.29, 1.82) is 0 Å². The lowest BCUT2D eigenvalue weighted by molar-refractivity contribution is -0.116. The van der Waals surface area contributed by atoms with Gasteiger partial charge in [-0.1, -0.05) is 26.0 Å². The maximum atomic E-state index is 11.3. The highest BCUT2D eigenvalue weighted by Gasteiger charge is 2.20. The SMILES string of the molecule is Cc1cc(CNC2CC2)ccc1N(CC(N)=O)CC(C)C. The molecule has 21 heavy (non-hydrogen) atoms. The molecule has 1 amide bonds. The normalized spacial score (nSPS) is 14.5. The third-order valence-electron chi connectivity index (χ3n) is 3.71. The van der Waals surface area contributed by atoms with E-state index in [0.29, 0.717) is 5.92 Å². The van der Waals surface area contributed by atoms with E-state index in [1.807, 2.05) is 0 Å². The van der Waals surface area contributed by atoms with Gasteiger partial charge in [-0.25, -0.2) is 0 Å². The third kappa shape index (κ3) is 5.05. The number of carbonyl (C=O) groups is 1. The Balaban J connectivity index is 2.09. The molecule has 0 aromatic heterocycles. The Hall–Kier alpha value is -1.55. The summed E-state index contributed by atoms with van der Waals surface area (Å²) in [5.74, 6) is 0.203. The van der Waals surface area contributed by atoms with Crippen LogP contribution in [0, 0.1) is 12.8 Å². The maximum absolute atomic E-state index is 11.3. The summed E-state index contributed by atoms with van der Waals surface area (Å²) in [7, 11) is 0. The predicted molar refractivity (Wildman–Crippen MR) is 87.3 cm³/mol. The molecule has 0 spiro atoms. The molecular formula is C17H27N3O. The first kappa shape index (κ1) is 15.8. The Morgan fingerprint density at radius 3 is 2.67 bits per heavy atom. The van der Waals surface area contributed by atoms with Gasteiger partial charge in [-0.3, -0.25) is 4.79 Å². The van der Waals surface area contributed by atoms with E-state index in [-0.39, 0.29) is 12.5 Å². The zero-order valence-corrected chi connectivity index (χ0v) is 13.4. The molecule has 0 aliphatic heterocycles. The first-order valence-electron chi connectivity index (χ1n) is 7.82. The van der Waals surface area contributed by atoms with Crippen LogP contribution >= 0.6 is 0 Å². The van der Waals surface area contributed by atoms with Crippen molar-refractivity contribution in [2.24, 2.45) is 11.7 Å². The van der Waals surface area contributed by atoms with Crippen molar-refractivity contribution in [1.82, 2.24) is 5.32 Å². The second-order valence-electron chi connectivity index (χ2n) is 6.52. The van der Waals surface area contributed by atoms with Gasteiger partial charge in [0.1, 0.15) is 0 Å². The summed E-state index contributed by atoms with van der Waals surface area (Å²) >= 11 is 0. The van der Waals surface area contributed by atoms with Crippen LogP contribution in [-0.4, -0.2) is 25.0 Å². The molecule has 0 unspecified atom stereocenters. The molecule has 0 saturated heterocycles. The van der Waals surface area contributed by atoms with Crippen molar-refractivity contribution in [3.63, 3.8) is 0 Å². The summed E-state index contributed by atoms with van der Waals surface area (Å²) in [6.07, 6.45) is 2.61. The largest absolute Gasteiger partial charge is 0.368 e. The smallest absolute Gasteiger partial charge is 0.236 e. The molecule has 3 N–H and O–H groups in total. The molecule has 4 nitrogen and oxygen atoms in total. The molecule has 1 aromatic carbocycles. The molecule has 1 aliphatic rings. The summed E-state index contributed by atoms with van der Waals surface area (Å²) in [5, 5.41) is 3.53. The summed E-state index contributed by atoms with van der Waals surface area (Å²) < 4.78 is 0. The first-order valence-corrected chi connectivity index (χ1v) is 7.82. The predicted octanol–water partition coefficient (Wildman–Crippen LogP) is 2.19. The highest BCUT2D eigenvalue weighted by Crippen LogP contribution is 2.23. The number of rotatable bonds is 8. The van der Waals surface area contributed by atoms with Crippen molar-refractivity contribution >= 4 is 11.6 Å². The number of nitrogens with two attached hydrogens (primary N) is 1. The number of anilines is 1. The minimum absolute atomic E-state index is 0.276. The van der Waals surface area contributed by atoms with Crippen LogP contribution in [0.1, 0.15) is 37.8 Å². The van der Waals surface area contributed by atoms with E-state index in [0.717, 1.165) is 24.8 Å². The van der Waals surface area contributed by atoms with Crippen LogP contribution in [0.3, 0.4) is 0 Å². The highest BCUT2D eigenvalue weighted by molar-refractivity contribution is 5.80. The molecule has 1 saturated carbocycles. The number of carbonyl (C=O) groups excluding carboxylic acids is 1. The fourth-order valence-corrected chi connectivity index (χ4v) is 2.61. The van der Waals surface area contributed by atoms with Crippen molar-refractivity contribution in [3.8, 4) is 0 Å². The molecule has 0 bridgehead atoms. The van der Waals surface area contributed by atoms with Crippen LogP contribution < -0.4 is 16.0 Å². The number of benzene rings is 1. The van der Waals surface area contributed by atoms with E-state index in [9.17, 15) is 4.79 Å². The average molecular weight is 289 g/mol. The number of aryl methyl sites for hydroxylation is 1. The second-order valence-corrected chi connectivity index (χ2v) is 6.52. The maximum Gasteiger partial charge on any atom is 0.236 e. The number of hydrogen-bond acceptors (Lipinski definition) is 3. The van der Waals surface area contributed by atoms with Gasteiger partial charge in [0.2, 0.25) is 5.91 Å². The van der Waals surface area contributed by atoms with Crippen LogP contribution in [0.2, 0.25) is 0 Å². The fourth-order valence-electron chi connectivity index (χ4n) is 2.61. The number of primary amides is 1. The zero-order valence-electron chi connectivity index (χ0n) is 13.4. The molecule has 1 aliphatic carbocycles. The first-order chi connectivity index (χ1) is 9.95. The van der Waals surface area contributed by atoms with Gasteiger partial charge < -0.3 is 16.0 Å². The summed E-state index contributed by atoms with van der Waals surface area (Å²) in [6, 6.07) is 7.19. The second kappa shape index (κ2) is 6.94.